The van der Waals surface area contributed by atoms with Gasteiger partial charge < -0.3 is 9.84 Å². The fourth-order valence-electron chi connectivity index (χ4n) is 1.48. The van der Waals surface area contributed by atoms with Gasteiger partial charge in [0.1, 0.15) is 5.75 Å². The normalized spacial score (nSPS) is 9.95. The molecule has 0 unspecified atom stereocenters. The van der Waals surface area contributed by atoms with Crippen LogP contribution >= 0.6 is 15.9 Å². The molecule has 2 rings (SSSR count). The molecule has 1 N–H and O–H groups in total. The van der Waals surface area contributed by atoms with Crippen LogP contribution in [0.2, 0.25) is 0 Å². The summed E-state index contributed by atoms with van der Waals surface area (Å²) in [4.78, 5) is 22.7. The van der Waals surface area contributed by atoms with Gasteiger partial charge in [0.05, 0.1) is 11.1 Å². The Morgan fingerprint density at radius 3 is 2.47 bits per heavy atom. The quantitative estimate of drug-likeness (QED) is 0.695. The molecule has 0 aliphatic carbocycles. The Balaban J connectivity index is 2.22. The summed E-state index contributed by atoms with van der Waals surface area (Å²) in [5, 5.41) is 8.86. The number of ether oxygens (including phenoxy) is 1. The van der Waals surface area contributed by atoms with Crippen LogP contribution in [0.3, 0.4) is 0 Å². The van der Waals surface area contributed by atoms with Crippen LogP contribution in [0.15, 0.2) is 53.0 Å². The van der Waals surface area contributed by atoms with Crippen LogP contribution in [-0.4, -0.2) is 17.0 Å². The molecule has 0 saturated carbocycles. The van der Waals surface area contributed by atoms with Crippen LogP contribution in [0.25, 0.3) is 0 Å². The molecule has 0 fully saturated rings. The number of carboxylic acid groups (broad SMARTS) is 1. The molecule has 0 saturated heterocycles. The predicted molar refractivity (Wildman–Crippen MR) is 72.5 cm³/mol. The number of benzene rings is 2. The second-order valence-corrected chi connectivity index (χ2v) is 4.56. The molecule has 0 heterocycles. The smallest absolute Gasteiger partial charge is 0.344 e. The first-order valence-corrected chi connectivity index (χ1v) is 6.17. The van der Waals surface area contributed by atoms with Crippen molar-refractivity contribution in [1.29, 1.82) is 0 Å². The number of carbonyl (C=O) groups excluding carboxylic acids is 1. The van der Waals surface area contributed by atoms with Gasteiger partial charge in [-0.2, -0.15) is 0 Å². The van der Waals surface area contributed by atoms with E-state index >= 15 is 0 Å². The largest absolute Gasteiger partial charge is 0.478 e. The second-order valence-electron chi connectivity index (χ2n) is 3.70. The van der Waals surface area contributed by atoms with Crippen molar-refractivity contribution in [2.75, 3.05) is 0 Å². The van der Waals surface area contributed by atoms with Gasteiger partial charge in [-0.25, -0.2) is 9.59 Å². The Labute approximate surface area is 117 Å². The molecule has 0 atom stereocenters. The molecule has 2 aromatic rings. The van der Waals surface area contributed by atoms with Crippen LogP contribution < -0.4 is 4.74 Å². The van der Waals surface area contributed by atoms with E-state index in [1.165, 1.54) is 24.3 Å². The first-order chi connectivity index (χ1) is 9.08. The van der Waals surface area contributed by atoms with E-state index in [4.69, 9.17) is 9.84 Å². The van der Waals surface area contributed by atoms with E-state index in [1.54, 1.807) is 24.3 Å². The van der Waals surface area contributed by atoms with Crippen LogP contribution in [-0.2, 0) is 0 Å². The maximum Gasteiger partial charge on any atom is 0.344 e. The summed E-state index contributed by atoms with van der Waals surface area (Å²) in [6, 6.07) is 12.6. The zero-order valence-corrected chi connectivity index (χ0v) is 11.3. The van der Waals surface area contributed by atoms with Gasteiger partial charge in [-0.05, 0) is 46.3 Å². The third-order valence-corrected chi connectivity index (χ3v) is 3.08. The molecule has 0 bridgehead atoms. The van der Waals surface area contributed by atoms with Crippen molar-refractivity contribution in [2.24, 2.45) is 0 Å². The number of rotatable bonds is 3. The van der Waals surface area contributed by atoms with E-state index in [0.29, 0.717) is 10.0 Å². The Hall–Kier alpha value is -2.14. The Bertz CT molecular complexity index is 637. The molecule has 4 nitrogen and oxygen atoms in total. The highest BCUT2D eigenvalue weighted by molar-refractivity contribution is 9.10. The zero-order valence-electron chi connectivity index (χ0n) is 9.67. The average Bonchev–Trinajstić information content (AvgIpc) is 2.39. The molecule has 0 radical (unpaired) electrons. The van der Waals surface area contributed by atoms with Crippen molar-refractivity contribution < 1.29 is 19.4 Å². The van der Waals surface area contributed by atoms with Crippen molar-refractivity contribution in [3.8, 4) is 5.75 Å². The van der Waals surface area contributed by atoms with E-state index in [0.717, 1.165) is 0 Å². The van der Waals surface area contributed by atoms with Gasteiger partial charge in [-0.1, -0.05) is 18.2 Å². The molecule has 0 spiro atoms. The van der Waals surface area contributed by atoms with Gasteiger partial charge in [0, 0.05) is 4.47 Å². The molecule has 19 heavy (non-hydrogen) atoms. The monoisotopic (exact) mass is 320 g/mol. The molecule has 96 valence electrons. The van der Waals surface area contributed by atoms with Crippen molar-refractivity contribution >= 4 is 27.9 Å². The summed E-state index contributed by atoms with van der Waals surface area (Å²) in [5.41, 5.74) is 0.445. The number of halogens is 1. The lowest BCUT2D eigenvalue weighted by atomic mass is 10.2. The van der Waals surface area contributed by atoms with Gasteiger partial charge in [0.25, 0.3) is 0 Å². The summed E-state index contributed by atoms with van der Waals surface area (Å²) in [5.74, 6) is -1.42. The number of hydrogen-bond acceptors (Lipinski definition) is 3. The highest BCUT2D eigenvalue weighted by Gasteiger charge is 2.12. The minimum absolute atomic E-state index is 0.0671. The SMILES string of the molecule is O=C(O)c1cccc(OC(=O)c2ccccc2Br)c1. The van der Waals surface area contributed by atoms with Crippen molar-refractivity contribution in [1.82, 2.24) is 0 Å². The third-order valence-electron chi connectivity index (χ3n) is 2.39. The minimum Gasteiger partial charge on any atom is -0.478 e. The molecule has 0 aromatic heterocycles. The summed E-state index contributed by atoms with van der Waals surface area (Å²) in [6.45, 7) is 0. The van der Waals surface area contributed by atoms with Gasteiger partial charge >= 0.3 is 11.9 Å². The lowest BCUT2D eigenvalue weighted by Crippen LogP contribution is -2.09. The van der Waals surface area contributed by atoms with Crippen molar-refractivity contribution in [3.05, 3.63) is 64.1 Å². The van der Waals surface area contributed by atoms with Crippen LogP contribution in [0.5, 0.6) is 5.75 Å². The lowest BCUT2D eigenvalue weighted by molar-refractivity contribution is 0.0687. The van der Waals surface area contributed by atoms with E-state index in [9.17, 15) is 9.59 Å². The van der Waals surface area contributed by atoms with Crippen LogP contribution in [0.1, 0.15) is 20.7 Å². The first-order valence-electron chi connectivity index (χ1n) is 5.38. The molecular weight excluding hydrogens is 312 g/mol. The Morgan fingerprint density at radius 2 is 1.79 bits per heavy atom. The Kier molecular flexibility index (Phi) is 3.97. The summed E-state index contributed by atoms with van der Waals surface area (Å²) in [7, 11) is 0. The van der Waals surface area contributed by atoms with E-state index < -0.39 is 11.9 Å². The standard InChI is InChI=1S/C14H9BrO4/c15-12-7-2-1-6-11(12)14(18)19-10-5-3-4-9(8-10)13(16)17/h1-8H,(H,16,17). The third kappa shape index (κ3) is 3.20. The Morgan fingerprint density at radius 1 is 1.05 bits per heavy atom. The molecule has 5 heteroatoms. The van der Waals surface area contributed by atoms with Gasteiger partial charge in [-0.3, -0.25) is 0 Å². The number of hydrogen-bond donors (Lipinski definition) is 1. The first kappa shape index (κ1) is 13.3. The summed E-state index contributed by atoms with van der Waals surface area (Å²) in [6.07, 6.45) is 0. The van der Waals surface area contributed by atoms with Crippen molar-refractivity contribution in [2.45, 2.75) is 0 Å². The second kappa shape index (κ2) is 5.67. The average molecular weight is 321 g/mol. The number of esters is 1. The molecule has 0 amide bonds. The molecular formula is C14H9BrO4. The molecule has 0 aliphatic rings. The van der Waals surface area contributed by atoms with E-state index in [-0.39, 0.29) is 11.3 Å². The zero-order chi connectivity index (χ0) is 13.8. The van der Waals surface area contributed by atoms with E-state index in [2.05, 4.69) is 15.9 Å². The molecule has 2 aromatic carbocycles. The predicted octanol–water partition coefficient (Wildman–Crippen LogP) is 3.37. The number of aromatic carboxylic acids is 1. The van der Waals surface area contributed by atoms with E-state index in [1.807, 2.05) is 0 Å². The fraction of sp³-hybridized carbons (Fsp3) is 0. The highest BCUT2D eigenvalue weighted by Crippen LogP contribution is 2.20. The van der Waals surface area contributed by atoms with Gasteiger partial charge in [0.2, 0.25) is 0 Å². The summed E-state index contributed by atoms with van der Waals surface area (Å²) >= 11 is 3.25. The number of carbonyl (C=O) groups is 2. The maximum absolute atomic E-state index is 11.9. The van der Waals surface area contributed by atoms with Crippen LogP contribution in [0, 0.1) is 0 Å². The minimum atomic E-state index is -1.07. The van der Waals surface area contributed by atoms with Gasteiger partial charge in [0.15, 0.2) is 0 Å². The lowest BCUT2D eigenvalue weighted by Gasteiger charge is -2.06. The topological polar surface area (TPSA) is 63.6 Å². The molecule has 0 aliphatic heterocycles. The summed E-state index contributed by atoms with van der Waals surface area (Å²) < 4.78 is 5.76. The van der Waals surface area contributed by atoms with Gasteiger partial charge in [-0.15, -0.1) is 0 Å². The highest BCUT2D eigenvalue weighted by atomic mass is 79.9. The number of carboxylic acids is 1. The van der Waals surface area contributed by atoms with Crippen molar-refractivity contribution in [3.63, 3.8) is 0 Å². The maximum atomic E-state index is 11.9. The fourth-order valence-corrected chi connectivity index (χ4v) is 1.93. The van der Waals surface area contributed by atoms with Crippen LogP contribution in [0.4, 0.5) is 0 Å².